The first-order valence-electron chi connectivity index (χ1n) is 10.7. The summed E-state index contributed by atoms with van der Waals surface area (Å²) in [6.45, 7) is 4.92. The van der Waals surface area contributed by atoms with E-state index in [4.69, 9.17) is 14.2 Å². The van der Waals surface area contributed by atoms with E-state index in [0.29, 0.717) is 5.56 Å². The average Bonchev–Trinajstić information content (AvgIpc) is 3.14. The highest BCUT2D eigenvalue weighted by Gasteiger charge is 2.32. The molecule has 0 aromatic heterocycles. The highest BCUT2D eigenvalue weighted by Crippen LogP contribution is 2.35. The molecule has 2 aromatic carbocycles. The van der Waals surface area contributed by atoms with Gasteiger partial charge in [0.15, 0.2) is 6.29 Å². The largest absolute Gasteiger partial charge is 0.431 e. The molecule has 0 radical (unpaired) electrons. The number of benzene rings is 2. The summed E-state index contributed by atoms with van der Waals surface area (Å²) in [7, 11) is 0. The van der Waals surface area contributed by atoms with Gasteiger partial charge in [0.05, 0.1) is 17.9 Å². The molecule has 0 spiro atoms. The molecule has 1 saturated carbocycles. The van der Waals surface area contributed by atoms with E-state index in [2.05, 4.69) is 6.58 Å². The maximum atomic E-state index is 12.4. The van der Waals surface area contributed by atoms with Crippen molar-refractivity contribution in [3.05, 3.63) is 84.7 Å². The predicted molar refractivity (Wildman–Crippen MR) is 117 cm³/mol. The number of hydrogen-bond donors (Lipinski definition) is 0. The normalized spacial score (nSPS) is 24.3. The number of carbonyl (C=O) groups is 1. The molecule has 2 aliphatic rings. The second-order valence-corrected chi connectivity index (χ2v) is 7.87. The lowest BCUT2D eigenvalue weighted by Crippen LogP contribution is -2.29. The number of carbonyl (C=O) groups excluding carboxylic acids is 1. The summed E-state index contributed by atoms with van der Waals surface area (Å²) in [5, 5.41) is 0. The molecule has 0 bridgehead atoms. The van der Waals surface area contributed by atoms with Crippen LogP contribution in [0, 0.1) is 5.92 Å². The van der Waals surface area contributed by atoms with E-state index in [1.165, 1.54) is 6.26 Å². The minimum absolute atomic E-state index is 0.0284. The van der Waals surface area contributed by atoms with Gasteiger partial charge < -0.3 is 14.2 Å². The van der Waals surface area contributed by atoms with E-state index in [9.17, 15) is 4.79 Å². The first-order valence-corrected chi connectivity index (χ1v) is 10.7. The van der Waals surface area contributed by atoms with E-state index in [1.54, 1.807) is 12.1 Å². The predicted octanol–water partition coefficient (Wildman–Crippen LogP) is 5.90. The van der Waals surface area contributed by atoms with Gasteiger partial charge in [0.1, 0.15) is 0 Å². The molecule has 1 saturated heterocycles. The van der Waals surface area contributed by atoms with Crippen molar-refractivity contribution in [3.8, 4) is 11.1 Å². The van der Waals surface area contributed by atoms with E-state index in [-0.39, 0.29) is 24.3 Å². The highest BCUT2D eigenvalue weighted by molar-refractivity contribution is 5.90. The molecule has 2 aromatic rings. The molecule has 2 fully saturated rings. The van der Waals surface area contributed by atoms with Gasteiger partial charge in [-0.05, 0) is 61.4 Å². The number of hydrogen-bond acceptors (Lipinski definition) is 4. The molecule has 4 rings (SSSR count). The molecule has 3 atom stereocenters. The van der Waals surface area contributed by atoms with Crippen LogP contribution in [0.4, 0.5) is 0 Å². The smallest absolute Gasteiger partial charge is 0.342 e. The van der Waals surface area contributed by atoms with Crippen molar-refractivity contribution in [1.82, 2.24) is 0 Å². The Morgan fingerprint density at radius 1 is 1.00 bits per heavy atom. The molecule has 3 unspecified atom stereocenters. The molecular formula is C26H28O4. The van der Waals surface area contributed by atoms with Crippen LogP contribution in [0.3, 0.4) is 0 Å². The van der Waals surface area contributed by atoms with Gasteiger partial charge in [0.2, 0.25) is 0 Å². The quantitative estimate of drug-likeness (QED) is 0.341. The summed E-state index contributed by atoms with van der Waals surface area (Å²) in [5.41, 5.74) is 3.81. The zero-order chi connectivity index (χ0) is 20.8. The van der Waals surface area contributed by atoms with E-state index in [1.807, 2.05) is 48.5 Å². The van der Waals surface area contributed by atoms with E-state index >= 15 is 0 Å². The first-order chi connectivity index (χ1) is 14.7. The second kappa shape index (κ2) is 9.88. The molecule has 1 aliphatic carbocycles. The Hall–Kier alpha value is -2.69. The van der Waals surface area contributed by atoms with Crippen molar-refractivity contribution in [2.75, 3.05) is 6.61 Å². The standard InChI is InChI=1S/C26H28O4/c1-19-10-15-24(30-25-9-5-6-17-28-25)23(19)16-18-29-26(27)22-13-11-21(12-14-22)20-7-3-2-4-8-20/h2-4,7-8,11-14,16,18,23-25H,1,5-6,9-10,15,17H2. The Labute approximate surface area is 178 Å². The lowest BCUT2D eigenvalue weighted by molar-refractivity contribution is -0.190. The van der Waals surface area contributed by atoms with Gasteiger partial charge in [-0.25, -0.2) is 4.79 Å². The molecule has 4 nitrogen and oxygen atoms in total. The minimum Gasteiger partial charge on any atom is -0.431 e. The fraction of sp³-hybridized carbons (Fsp3) is 0.346. The molecule has 1 aliphatic heterocycles. The lowest BCUT2D eigenvalue weighted by Gasteiger charge is -2.28. The topological polar surface area (TPSA) is 44.8 Å². The van der Waals surface area contributed by atoms with Crippen LogP contribution in [0.5, 0.6) is 0 Å². The summed E-state index contributed by atoms with van der Waals surface area (Å²) < 4.78 is 17.2. The Morgan fingerprint density at radius 2 is 1.77 bits per heavy atom. The Morgan fingerprint density at radius 3 is 2.50 bits per heavy atom. The molecule has 30 heavy (non-hydrogen) atoms. The molecule has 0 N–H and O–H groups in total. The van der Waals surface area contributed by atoms with Gasteiger partial charge in [-0.2, -0.15) is 0 Å². The van der Waals surface area contributed by atoms with Crippen molar-refractivity contribution in [3.63, 3.8) is 0 Å². The van der Waals surface area contributed by atoms with Gasteiger partial charge >= 0.3 is 5.97 Å². The van der Waals surface area contributed by atoms with Gasteiger partial charge in [-0.1, -0.05) is 54.6 Å². The fourth-order valence-corrected chi connectivity index (χ4v) is 4.05. The zero-order valence-corrected chi connectivity index (χ0v) is 17.2. The maximum absolute atomic E-state index is 12.4. The van der Waals surface area contributed by atoms with Crippen LogP contribution >= 0.6 is 0 Å². The van der Waals surface area contributed by atoms with Crippen LogP contribution in [-0.4, -0.2) is 25.0 Å². The molecule has 1 heterocycles. The van der Waals surface area contributed by atoms with Crippen molar-refractivity contribution >= 4 is 5.97 Å². The van der Waals surface area contributed by atoms with Gasteiger partial charge in [-0.3, -0.25) is 0 Å². The second-order valence-electron chi connectivity index (χ2n) is 7.87. The van der Waals surface area contributed by atoms with Crippen LogP contribution in [-0.2, 0) is 14.2 Å². The molecular weight excluding hydrogens is 376 g/mol. The van der Waals surface area contributed by atoms with Gasteiger partial charge in [0, 0.05) is 12.5 Å². The fourth-order valence-electron chi connectivity index (χ4n) is 4.05. The lowest BCUT2D eigenvalue weighted by atomic mass is 10.0. The number of ether oxygens (including phenoxy) is 3. The van der Waals surface area contributed by atoms with Crippen molar-refractivity contribution in [1.29, 1.82) is 0 Å². The van der Waals surface area contributed by atoms with Crippen LogP contribution < -0.4 is 0 Å². The third-order valence-electron chi connectivity index (χ3n) is 5.78. The monoisotopic (exact) mass is 404 g/mol. The van der Waals surface area contributed by atoms with Gasteiger partial charge in [-0.15, -0.1) is 0 Å². The molecule has 156 valence electrons. The summed E-state index contributed by atoms with van der Waals surface area (Å²) in [6, 6.07) is 17.5. The molecule has 0 amide bonds. The zero-order valence-electron chi connectivity index (χ0n) is 17.2. The van der Waals surface area contributed by atoms with Crippen LogP contribution in [0.2, 0.25) is 0 Å². The van der Waals surface area contributed by atoms with Crippen LogP contribution in [0.1, 0.15) is 42.5 Å². The van der Waals surface area contributed by atoms with Crippen molar-refractivity contribution in [2.24, 2.45) is 5.92 Å². The number of rotatable bonds is 6. The summed E-state index contributed by atoms with van der Waals surface area (Å²) in [6.07, 6.45) is 8.28. The number of esters is 1. The Kier molecular flexibility index (Phi) is 6.77. The third kappa shape index (κ3) is 5.07. The Balaban J connectivity index is 1.33. The summed E-state index contributed by atoms with van der Waals surface area (Å²) in [4.78, 5) is 12.4. The molecule has 4 heteroatoms. The maximum Gasteiger partial charge on any atom is 0.342 e. The van der Waals surface area contributed by atoms with Crippen molar-refractivity contribution < 1.29 is 19.0 Å². The van der Waals surface area contributed by atoms with E-state index < -0.39 is 0 Å². The summed E-state index contributed by atoms with van der Waals surface area (Å²) >= 11 is 0. The minimum atomic E-state index is -0.373. The average molecular weight is 405 g/mol. The SMILES string of the molecule is C=C1CCC(OC2CCCCO2)C1C=COC(=O)c1ccc(-c2ccccc2)cc1. The van der Waals surface area contributed by atoms with Crippen LogP contribution in [0.15, 0.2) is 79.1 Å². The van der Waals surface area contributed by atoms with Crippen molar-refractivity contribution in [2.45, 2.75) is 44.5 Å². The first kappa shape index (κ1) is 20.6. The van der Waals surface area contributed by atoms with Gasteiger partial charge in [0.25, 0.3) is 0 Å². The third-order valence-corrected chi connectivity index (χ3v) is 5.78. The summed E-state index contributed by atoms with van der Waals surface area (Å²) in [5.74, 6) is -0.327. The Bertz CT molecular complexity index is 879. The highest BCUT2D eigenvalue weighted by atomic mass is 16.7. The van der Waals surface area contributed by atoms with Crippen LogP contribution in [0.25, 0.3) is 11.1 Å². The van der Waals surface area contributed by atoms with E-state index in [0.717, 1.165) is 55.4 Å².